The summed E-state index contributed by atoms with van der Waals surface area (Å²) in [4.78, 5) is 11.1. The summed E-state index contributed by atoms with van der Waals surface area (Å²) in [5.74, 6) is -0.750. The Labute approximate surface area is 177 Å². The number of carboxylic acid groups (broad SMARTS) is 1. The Morgan fingerprint density at radius 3 is 1.50 bits per heavy atom. The first-order valence-electron chi connectivity index (χ1n) is 10.5. The van der Waals surface area contributed by atoms with Gasteiger partial charge in [0.25, 0.3) is 0 Å². The average Bonchev–Trinajstić information content (AvgIpc) is 2.31. The second-order valence-corrected chi connectivity index (χ2v) is 25.6. The third-order valence-corrected chi connectivity index (χ3v) is 22.5. The van der Waals surface area contributed by atoms with Crippen LogP contribution in [0.5, 0.6) is 0 Å². The molecular weight excluding hydrogens is 402 g/mol. The fraction of sp³-hybridized carbons (Fsp3) is 0.950. The maximum Gasteiger partial charge on any atom is 0.359 e. The van der Waals surface area contributed by atoms with E-state index in [2.05, 4.69) is 74.3 Å². The molecule has 0 spiro atoms. The van der Waals surface area contributed by atoms with Crippen molar-refractivity contribution in [1.82, 2.24) is 0 Å². The van der Waals surface area contributed by atoms with Gasteiger partial charge >= 0.3 is 14.5 Å². The minimum atomic E-state index is -2.41. The van der Waals surface area contributed by atoms with Gasteiger partial charge in [0.1, 0.15) is 0 Å². The van der Waals surface area contributed by atoms with Crippen LogP contribution in [0.25, 0.3) is 0 Å². The fourth-order valence-corrected chi connectivity index (χ4v) is 16.0. The summed E-state index contributed by atoms with van der Waals surface area (Å²) in [5.41, 5.74) is 0. The van der Waals surface area contributed by atoms with Gasteiger partial charge in [0, 0.05) is 0 Å². The molecule has 0 fully saturated rings. The largest absolute Gasteiger partial charge is 0.477 e. The lowest BCUT2D eigenvalue weighted by atomic mass is 10.2. The van der Waals surface area contributed by atoms with Crippen molar-refractivity contribution >= 4 is 31.2 Å². The highest BCUT2D eigenvalue weighted by Crippen LogP contribution is 2.43. The summed E-state index contributed by atoms with van der Waals surface area (Å²) < 4.78 is 14.5. The van der Waals surface area contributed by atoms with Crippen LogP contribution in [0.2, 0.25) is 48.9 Å². The molecule has 8 heteroatoms. The number of aliphatic carboxylic acids is 1. The van der Waals surface area contributed by atoms with Crippen LogP contribution in [-0.2, 0) is 13.0 Å². The van der Waals surface area contributed by atoms with E-state index in [1.807, 2.05) is 14.1 Å². The molecule has 0 saturated heterocycles. The van der Waals surface area contributed by atoms with E-state index in [1.54, 1.807) is 0 Å². The molecule has 0 saturated carbocycles. The normalized spacial score (nSPS) is 15.0. The summed E-state index contributed by atoms with van der Waals surface area (Å²) in [7, 11) is -2.37. The van der Waals surface area contributed by atoms with E-state index in [-0.39, 0.29) is 16.6 Å². The zero-order chi connectivity index (χ0) is 22.8. The van der Waals surface area contributed by atoms with E-state index in [4.69, 9.17) is 13.3 Å². The van der Waals surface area contributed by atoms with Crippen LogP contribution in [-0.4, -0.2) is 67.9 Å². The second kappa shape index (κ2) is 9.01. The number of hydrogen-bond acceptors (Lipinski definition) is 3. The van der Waals surface area contributed by atoms with Crippen LogP contribution in [0.4, 0.5) is 0 Å². The predicted octanol–water partition coefficient (Wildman–Crippen LogP) is 5.65. The summed E-state index contributed by atoms with van der Waals surface area (Å²) in [5, 5.41) is 9.42. The lowest BCUT2D eigenvalue weighted by Crippen LogP contribution is -2.59. The molecule has 0 atom stereocenters. The number of nitrogens with zero attached hydrogens (tertiary/aromatic N) is 1. The van der Waals surface area contributed by atoms with Gasteiger partial charge in [-0.1, -0.05) is 41.5 Å². The summed E-state index contributed by atoms with van der Waals surface area (Å²) in [6, 6.07) is 0.910. The van der Waals surface area contributed by atoms with Gasteiger partial charge < -0.3 is 17.8 Å². The maximum atomic E-state index is 11.1. The van der Waals surface area contributed by atoms with Gasteiger partial charge in [-0.25, -0.2) is 4.79 Å². The third kappa shape index (κ3) is 8.79. The van der Waals surface area contributed by atoms with Crippen LogP contribution >= 0.6 is 0 Å². The third-order valence-electron chi connectivity index (χ3n) is 6.51. The fourth-order valence-electron chi connectivity index (χ4n) is 2.78. The van der Waals surface area contributed by atoms with E-state index in [0.29, 0.717) is 4.48 Å². The highest BCUT2D eigenvalue weighted by molar-refractivity contribution is 6.89. The van der Waals surface area contributed by atoms with Crippen molar-refractivity contribution in [2.24, 2.45) is 0 Å². The molecular formula is C20H48NO4Si3+. The predicted molar refractivity (Wildman–Crippen MR) is 127 cm³/mol. The molecule has 0 rings (SSSR count). The van der Waals surface area contributed by atoms with Gasteiger partial charge in [-0.2, -0.15) is 0 Å². The molecule has 0 heterocycles. The number of carboxylic acids is 1. The Bertz CT molecular complexity index is 507. The number of quaternary nitrogens is 1. The quantitative estimate of drug-likeness (QED) is 0.345. The number of likely N-dealkylation sites (N-methyl/N-ethyl adjacent to an activating group) is 1. The van der Waals surface area contributed by atoms with Crippen molar-refractivity contribution in [3.63, 3.8) is 0 Å². The van der Waals surface area contributed by atoms with E-state index < -0.39 is 31.2 Å². The van der Waals surface area contributed by atoms with Crippen LogP contribution in [0.15, 0.2) is 0 Å². The zero-order valence-corrected chi connectivity index (χ0v) is 23.9. The lowest BCUT2D eigenvalue weighted by Gasteiger charge is -2.48. The Morgan fingerprint density at radius 2 is 1.21 bits per heavy atom. The highest BCUT2D eigenvalue weighted by atomic mass is 28.5. The Morgan fingerprint density at radius 1 is 0.857 bits per heavy atom. The van der Waals surface area contributed by atoms with Gasteiger partial charge in [0.2, 0.25) is 0 Å². The van der Waals surface area contributed by atoms with E-state index in [0.717, 1.165) is 19.0 Å². The smallest absolute Gasteiger partial charge is 0.359 e. The van der Waals surface area contributed by atoms with Crippen molar-refractivity contribution in [3.8, 4) is 0 Å². The van der Waals surface area contributed by atoms with E-state index in [9.17, 15) is 4.79 Å². The monoisotopic (exact) mass is 450 g/mol. The van der Waals surface area contributed by atoms with Crippen LogP contribution in [0, 0.1) is 0 Å². The van der Waals surface area contributed by atoms with Crippen LogP contribution < -0.4 is 0 Å². The van der Waals surface area contributed by atoms with E-state index in [1.165, 1.54) is 0 Å². The zero-order valence-electron chi connectivity index (χ0n) is 20.9. The number of rotatable bonds is 10. The SMILES string of the molecule is CC(C)(C)[Si](C)(C)O[Si](C)(CCC[N+](C)(C)CC(=O)O)O[Si](C)(C)C(C)(C)C. The van der Waals surface area contributed by atoms with Crippen molar-refractivity contribution < 1.29 is 22.6 Å². The van der Waals surface area contributed by atoms with Gasteiger partial charge in [0.15, 0.2) is 23.2 Å². The Kier molecular flexibility index (Phi) is 9.01. The molecule has 5 nitrogen and oxygen atoms in total. The molecule has 0 amide bonds. The van der Waals surface area contributed by atoms with Crippen LogP contribution in [0.1, 0.15) is 48.0 Å². The molecule has 1 N–H and O–H groups in total. The molecule has 0 unspecified atom stereocenters. The van der Waals surface area contributed by atoms with Crippen molar-refractivity contribution in [2.75, 3.05) is 27.2 Å². The molecule has 0 aromatic heterocycles. The highest BCUT2D eigenvalue weighted by Gasteiger charge is 2.50. The molecule has 0 aliphatic heterocycles. The van der Waals surface area contributed by atoms with Crippen molar-refractivity contribution in [3.05, 3.63) is 0 Å². The Balaban J connectivity index is 5.54. The molecule has 168 valence electrons. The van der Waals surface area contributed by atoms with E-state index >= 15 is 0 Å². The first-order valence-corrected chi connectivity index (χ1v) is 18.8. The summed E-state index contributed by atoms with van der Waals surface area (Å²) in [6.07, 6.45) is 0.923. The average molecular weight is 451 g/mol. The molecule has 0 aliphatic carbocycles. The molecule has 28 heavy (non-hydrogen) atoms. The van der Waals surface area contributed by atoms with Gasteiger partial charge in [-0.05, 0) is 55.3 Å². The van der Waals surface area contributed by atoms with Crippen LogP contribution in [0.3, 0.4) is 0 Å². The number of carbonyl (C=O) groups is 1. The molecule has 0 aliphatic rings. The van der Waals surface area contributed by atoms with Gasteiger partial charge in [0.05, 0.1) is 20.6 Å². The maximum absolute atomic E-state index is 11.1. The minimum Gasteiger partial charge on any atom is -0.477 e. The molecule has 0 bridgehead atoms. The molecule has 0 aromatic rings. The Hall–Kier alpha value is 0.000649. The van der Waals surface area contributed by atoms with Crippen molar-refractivity contribution in [1.29, 1.82) is 0 Å². The standard InChI is InChI=1S/C20H47NO4Si3/c1-19(2,3)26(9,10)24-28(13,25-27(11,12)20(4,5)6)16-14-15-21(7,8)17-18(22)23/h14-17H2,1-13H3/p+1. The first kappa shape index (κ1) is 28.0. The molecule has 0 radical (unpaired) electrons. The summed E-state index contributed by atoms with van der Waals surface area (Å²) >= 11 is 0. The lowest BCUT2D eigenvalue weighted by molar-refractivity contribution is -0.883. The van der Waals surface area contributed by atoms with Gasteiger partial charge in [-0.15, -0.1) is 0 Å². The second-order valence-electron chi connectivity index (χ2n) is 12.2. The van der Waals surface area contributed by atoms with Gasteiger partial charge in [-0.3, -0.25) is 0 Å². The first-order chi connectivity index (χ1) is 12.0. The topological polar surface area (TPSA) is 55.8 Å². The summed E-state index contributed by atoms with van der Waals surface area (Å²) in [6.45, 7) is 26.0. The molecule has 0 aromatic carbocycles. The minimum absolute atomic E-state index is 0.136. The number of hydrogen-bond donors (Lipinski definition) is 1. The van der Waals surface area contributed by atoms with Crippen molar-refractivity contribution in [2.45, 2.75) is 96.8 Å².